The predicted octanol–water partition coefficient (Wildman–Crippen LogP) is 4.24. The molecule has 1 heterocycles. The fourth-order valence-corrected chi connectivity index (χ4v) is 2.71. The van der Waals surface area contributed by atoms with Gasteiger partial charge in [0.2, 0.25) is 0 Å². The molecule has 15 heavy (non-hydrogen) atoms. The molecule has 2 nitrogen and oxygen atoms in total. The van der Waals surface area contributed by atoms with E-state index in [9.17, 15) is 0 Å². The molecule has 1 aliphatic carbocycles. The molecule has 1 N–H and O–H groups in total. The van der Waals surface area contributed by atoms with Gasteiger partial charge in [-0.2, -0.15) is 0 Å². The summed E-state index contributed by atoms with van der Waals surface area (Å²) in [6, 6.07) is 2.45. The number of anilines is 1. The Kier molecular flexibility index (Phi) is 3.87. The fraction of sp³-hybridized carbons (Fsp3) is 0.545. The third-order valence-corrected chi connectivity index (χ3v) is 3.57. The second-order valence-corrected chi connectivity index (χ2v) is 5.25. The molecule has 82 valence electrons. The van der Waals surface area contributed by atoms with Crippen molar-refractivity contribution >= 4 is 33.3 Å². The van der Waals surface area contributed by atoms with Crippen LogP contribution in [0.5, 0.6) is 0 Å². The van der Waals surface area contributed by atoms with Crippen molar-refractivity contribution in [2.24, 2.45) is 0 Å². The summed E-state index contributed by atoms with van der Waals surface area (Å²) in [4.78, 5) is 4.28. The Morgan fingerprint density at radius 3 is 2.73 bits per heavy atom. The SMILES string of the molecule is Clc1cnc(NC2CCCCC2)c(Br)c1. The Bertz CT molecular complexity index is 337. The Balaban J connectivity index is 2.03. The van der Waals surface area contributed by atoms with Crippen LogP contribution in [0.4, 0.5) is 5.82 Å². The number of hydrogen-bond donors (Lipinski definition) is 1. The van der Waals surface area contributed by atoms with E-state index in [2.05, 4.69) is 26.2 Å². The van der Waals surface area contributed by atoms with Crippen molar-refractivity contribution in [1.29, 1.82) is 0 Å². The molecule has 4 heteroatoms. The van der Waals surface area contributed by atoms with E-state index in [1.807, 2.05) is 6.07 Å². The van der Waals surface area contributed by atoms with Crippen molar-refractivity contribution in [3.63, 3.8) is 0 Å². The van der Waals surface area contributed by atoms with Crippen LogP contribution in [0.15, 0.2) is 16.7 Å². The first-order chi connectivity index (χ1) is 7.25. The van der Waals surface area contributed by atoms with Crippen LogP contribution in [-0.4, -0.2) is 11.0 Å². The van der Waals surface area contributed by atoms with Gasteiger partial charge in [-0.3, -0.25) is 0 Å². The van der Waals surface area contributed by atoms with E-state index in [0.717, 1.165) is 10.3 Å². The Morgan fingerprint density at radius 2 is 2.07 bits per heavy atom. The molecule has 0 unspecified atom stereocenters. The fourth-order valence-electron chi connectivity index (χ4n) is 1.96. The first-order valence-electron chi connectivity index (χ1n) is 5.33. The third-order valence-electron chi connectivity index (χ3n) is 2.75. The Hall–Kier alpha value is -0.280. The van der Waals surface area contributed by atoms with E-state index < -0.39 is 0 Å². The smallest absolute Gasteiger partial charge is 0.140 e. The summed E-state index contributed by atoms with van der Waals surface area (Å²) in [7, 11) is 0. The molecule has 0 spiro atoms. The summed E-state index contributed by atoms with van der Waals surface area (Å²) >= 11 is 9.30. The molecule has 1 saturated carbocycles. The highest BCUT2D eigenvalue weighted by molar-refractivity contribution is 9.10. The average Bonchev–Trinajstić information content (AvgIpc) is 2.24. The first kappa shape index (κ1) is 11.2. The van der Waals surface area contributed by atoms with Crippen molar-refractivity contribution in [1.82, 2.24) is 4.98 Å². The lowest BCUT2D eigenvalue weighted by molar-refractivity contribution is 0.461. The van der Waals surface area contributed by atoms with Gasteiger partial charge in [0.25, 0.3) is 0 Å². The lowest BCUT2D eigenvalue weighted by Gasteiger charge is -2.23. The number of halogens is 2. The van der Waals surface area contributed by atoms with E-state index in [1.165, 1.54) is 32.1 Å². The first-order valence-corrected chi connectivity index (χ1v) is 6.50. The lowest BCUT2D eigenvalue weighted by Crippen LogP contribution is -2.22. The number of nitrogens with one attached hydrogen (secondary N) is 1. The van der Waals surface area contributed by atoms with E-state index >= 15 is 0 Å². The van der Waals surface area contributed by atoms with Gasteiger partial charge in [-0.15, -0.1) is 0 Å². The minimum atomic E-state index is 0.573. The number of hydrogen-bond acceptors (Lipinski definition) is 2. The molecule has 0 amide bonds. The van der Waals surface area contributed by atoms with Gasteiger partial charge >= 0.3 is 0 Å². The van der Waals surface area contributed by atoms with Crippen molar-refractivity contribution in [3.05, 3.63) is 21.8 Å². The molecule has 1 aliphatic rings. The highest BCUT2D eigenvalue weighted by atomic mass is 79.9. The molecule has 1 fully saturated rings. The van der Waals surface area contributed by atoms with Gasteiger partial charge in [-0.25, -0.2) is 4.98 Å². The van der Waals surface area contributed by atoms with Crippen LogP contribution in [0, 0.1) is 0 Å². The maximum absolute atomic E-state index is 5.84. The molecular formula is C11H14BrClN2. The number of aromatic nitrogens is 1. The molecule has 1 aromatic rings. The Labute approximate surface area is 104 Å². The van der Waals surface area contributed by atoms with Gasteiger partial charge < -0.3 is 5.32 Å². The van der Waals surface area contributed by atoms with Crippen LogP contribution in [0.25, 0.3) is 0 Å². The monoisotopic (exact) mass is 288 g/mol. The molecule has 0 atom stereocenters. The largest absolute Gasteiger partial charge is 0.366 e. The zero-order valence-electron chi connectivity index (χ0n) is 8.47. The van der Waals surface area contributed by atoms with Gasteiger partial charge in [0.15, 0.2) is 0 Å². The molecule has 0 aliphatic heterocycles. The minimum Gasteiger partial charge on any atom is -0.366 e. The summed E-state index contributed by atoms with van der Waals surface area (Å²) in [5, 5.41) is 4.12. The third kappa shape index (κ3) is 3.08. The molecule has 2 rings (SSSR count). The van der Waals surface area contributed by atoms with Crippen molar-refractivity contribution in [2.45, 2.75) is 38.1 Å². The number of pyridine rings is 1. The van der Waals surface area contributed by atoms with Gasteiger partial charge in [0.05, 0.1) is 9.50 Å². The van der Waals surface area contributed by atoms with Gasteiger partial charge in [0, 0.05) is 12.2 Å². The van der Waals surface area contributed by atoms with Crippen LogP contribution in [0.3, 0.4) is 0 Å². The Morgan fingerprint density at radius 1 is 1.33 bits per heavy atom. The van der Waals surface area contributed by atoms with Crippen LogP contribution in [0.2, 0.25) is 5.02 Å². The topological polar surface area (TPSA) is 24.9 Å². The normalized spacial score (nSPS) is 17.7. The van der Waals surface area contributed by atoms with Crippen LogP contribution in [0.1, 0.15) is 32.1 Å². The maximum Gasteiger partial charge on any atom is 0.140 e. The second-order valence-electron chi connectivity index (χ2n) is 3.96. The maximum atomic E-state index is 5.84. The quantitative estimate of drug-likeness (QED) is 0.881. The second kappa shape index (κ2) is 5.17. The van der Waals surface area contributed by atoms with E-state index in [4.69, 9.17) is 11.6 Å². The molecule has 1 aromatic heterocycles. The summed E-state index contributed by atoms with van der Waals surface area (Å²) in [6.07, 6.45) is 8.18. The zero-order valence-corrected chi connectivity index (χ0v) is 10.8. The van der Waals surface area contributed by atoms with Crippen LogP contribution in [-0.2, 0) is 0 Å². The summed E-state index contributed by atoms with van der Waals surface area (Å²) < 4.78 is 0.945. The van der Waals surface area contributed by atoms with E-state index in [-0.39, 0.29) is 0 Å². The van der Waals surface area contributed by atoms with Crippen molar-refractivity contribution < 1.29 is 0 Å². The average molecular weight is 290 g/mol. The van der Waals surface area contributed by atoms with E-state index in [0.29, 0.717) is 11.1 Å². The predicted molar refractivity (Wildman–Crippen MR) is 67.4 cm³/mol. The number of rotatable bonds is 2. The molecule has 0 radical (unpaired) electrons. The zero-order chi connectivity index (χ0) is 10.7. The number of nitrogens with zero attached hydrogens (tertiary/aromatic N) is 1. The standard InChI is InChI=1S/C11H14BrClN2/c12-10-6-8(13)7-14-11(10)15-9-4-2-1-3-5-9/h6-7,9H,1-5H2,(H,14,15). The molecule has 0 saturated heterocycles. The summed E-state index contributed by atoms with van der Waals surface area (Å²) in [6.45, 7) is 0. The van der Waals surface area contributed by atoms with Crippen molar-refractivity contribution in [3.8, 4) is 0 Å². The van der Waals surface area contributed by atoms with Crippen molar-refractivity contribution in [2.75, 3.05) is 5.32 Å². The molecule has 0 aromatic carbocycles. The van der Waals surface area contributed by atoms with Crippen LogP contribution >= 0.6 is 27.5 Å². The van der Waals surface area contributed by atoms with Gasteiger partial charge in [0.1, 0.15) is 5.82 Å². The van der Waals surface area contributed by atoms with Gasteiger partial charge in [-0.05, 0) is 34.8 Å². The molecular weight excluding hydrogens is 275 g/mol. The summed E-state index contributed by atoms with van der Waals surface area (Å²) in [5.41, 5.74) is 0. The van der Waals surface area contributed by atoms with Crippen LogP contribution < -0.4 is 5.32 Å². The van der Waals surface area contributed by atoms with Gasteiger partial charge in [-0.1, -0.05) is 30.9 Å². The summed E-state index contributed by atoms with van der Waals surface area (Å²) in [5.74, 6) is 0.909. The minimum absolute atomic E-state index is 0.573. The lowest BCUT2D eigenvalue weighted by atomic mass is 9.95. The molecule has 0 bridgehead atoms. The highest BCUT2D eigenvalue weighted by Gasteiger charge is 2.14. The highest BCUT2D eigenvalue weighted by Crippen LogP contribution is 2.27. The van der Waals surface area contributed by atoms with E-state index in [1.54, 1.807) is 6.20 Å².